The topological polar surface area (TPSA) is 79.6 Å². The van der Waals surface area contributed by atoms with E-state index in [0.29, 0.717) is 30.2 Å². The number of ketones is 1. The van der Waals surface area contributed by atoms with Gasteiger partial charge in [0.05, 0.1) is 20.3 Å². The zero-order valence-corrected chi connectivity index (χ0v) is 14.5. The molecule has 1 heterocycles. The Kier molecular flexibility index (Phi) is 6.58. The van der Waals surface area contributed by atoms with Crippen molar-refractivity contribution in [3.05, 3.63) is 29.8 Å². The Labute approximate surface area is 147 Å². The van der Waals surface area contributed by atoms with Gasteiger partial charge in [-0.3, -0.25) is 9.59 Å². The summed E-state index contributed by atoms with van der Waals surface area (Å²) in [5.41, 5.74) is 0.636. The number of carbonyl (C=O) groups excluding carboxylic acids is 2. The van der Waals surface area contributed by atoms with Crippen molar-refractivity contribution in [1.29, 1.82) is 5.26 Å². The molecular weight excluding hydrogens is 320 g/mol. The molecule has 1 amide bonds. The van der Waals surface area contributed by atoms with Gasteiger partial charge in [0.1, 0.15) is 0 Å². The van der Waals surface area contributed by atoms with E-state index in [-0.39, 0.29) is 0 Å². The van der Waals surface area contributed by atoms with Crippen LogP contribution >= 0.6 is 0 Å². The number of nitrogens with zero attached hydrogens (tertiary/aromatic N) is 2. The number of benzene rings is 1. The highest BCUT2D eigenvalue weighted by Gasteiger charge is 2.29. The van der Waals surface area contributed by atoms with E-state index in [2.05, 4.69) is 0 Å². The minimum atomic E-state index is -1.30. The number of hydrogen-bond donors (Lipinski definition) is 0. The van der Waals surface area contributed by atoms with Crippen LogP contribution in [0.25, 0.3) is 6.08 Å². The molecule has 1 saturated heterocycles. The summed E-state index contributed by atoms with van der Waals surface area (Å²) in [5.74, 6) is -1.20. The molecule has 25 heavy (non-hydrogen) atoms. The maximum Gasteiger partial charge on any atom is 0.247 e. The molecule has 6 heteroatoms. The normalized spacial score (nSPS) is 15.5. The molecule has 0 aromatic heterocycles. The first kappa shape index (κ1) is 18.5. The first-order valence-corrected chi connectivity index (χ1v) is 8.23. The Hall–Kier alpha value is -2.81. The number of ether oxygens (including phenoxy) is 2. The standard InChI is InChI=1S/C19H22N2O4/c1-24-17-8-6-7-14(18(17)25-2)9-10-16(22)15(13-20)19(23)21-11-4-3-5-12-21/h6-10,15H,3-5,11-12H2,1-2H3. The molecule has 0 bridgehead atoms. The Morgan fingerprint density at radius 2 is 1.92 bits per heavy atom. The lowest BCUT2D eigenvalue weighted by Crippen LogP contribution is -2.41. The molecule has 0 saturated carbocycles. The van der Waals surface area contributed by atoms with Crippen LogP contribution in [0.2, 0.25) is 0 Å². The molecule has 0 spiro atoms. The minimum Gasteiger partial charge on any atom is -0.493 e. The van der Waals surface area contributed by atoms with Crippen molar-refractivity contribution < 1.29 is 19.1 Å². The zero-order chi connectivity index (χ0) is 18.2. The Bertz CT molecular complexity index is 700. The Balaban J connectivity index is 2.15. The van der Waals surface area contributed by atoms with Crippen LogP contribution < -0.4 is 9.47 Å². The van der Waals surface area contributed by atoms with Gasteiger partial charge in [0.15, 0.2) is 23.2 Å². The average molecular weight is 342 g/mol. The van der Waals surface area contributed by atoms with E-state index in [9.17, 15) is 14.9 Å². The Morgan fingerprint density at radius 3 is 2.52 bits per heavy atom. The van der Waals surface area contributed by atoms with Crippen LogP contribution in [0.1, 0.15) is 24.8 Å². The molecule has 1 aliphatic rings. The number of nitriles is 1. The first-order valence-electron chi connectivity index (χ1n) is 8.23. The van der Waals surface area contributed by atoms with E-state index in [0.717, 1.165) is 19.3 Å². The Morgan fingerprint density at radius 1 is 1.20 bits per heavy atom. The van der Waals surface area contributed by atoms with Gasteiger partial charge < -0.3 is 14.4 Å². The molecule has 1 aliphatic heterocycles. The molecule has 6 nitrogen and oxygen atoms in total. The number of rotatable bonds is 6. The lowest BCUT2D eigenvalue weighted by Gasteiger charge is -2.27. The second-order valence-corrected chi connectivity index (χ2v) is 5.77. The zero-order valence-electron chi connectivity index (χ0n) is 14.5. The fourth-order valence-electron chi connectivity index (χ4n) is 2.85. The minimum absolute atomic E-state index is 0.408. The molecule has 1 atom stereocenters. The van der Waals surface area contributed by atoms with Crippen molar-refractivity contribution in [2.45, 2.75) is 19.3 Å². The molecule has 0 aliphatic carbocycles. The summed E-state index contributed by atoms with van der Waals surface area (Å²) in [6.45, 7) is 1.22. The second kappa shape index (κ2) is 8.88. The molecule has 1 fully saturated rings. The van der Waals surface area contributed by atoms with Crippen LogP contribution in [0.5, 0.6) is 11.5 Å². The first-order chi connectivity index (χ1) is 12.1. The highest BCUT2D eigenvalue weighted by Crippen LogP contribution is 2.31. The highest BCUT2D eigenvalue weighted by molar-refractivity contribution is 6.10. The van der Waals surface area contributed by atoms with Gasteiger partial charge in [-0.25, -0.2) is 0 Å². The van der Waals surface area contributed by atoms with Crippen LogP contribution in [-0.4, -0.2) is 43.9 Å². The van der Waals surface area contributed by atoms with Crippen molar-refractivity contribution in [2.24, 2.45) is 5.92 Å². The third-order valence-electron chi connectivity index (χ3n) is 4.19. The number of para-hydroxylation sites is 1. The van der Waals surface area contributed by atoms with Crippen molar-refractivity contribution in [1.82, 2.24) is 4.90 Å². The molecular formula is C19H22N2O4. The van der Waals surface area contributed by atoms with Gasteiger partial charge in [-0.1, -0.05) is 12.1 Å². The van der Waals surface area contributed by atoms with Crippen LogP contribution in [0, 0.1) is 17.2 Å². The highest BCUT2D eigenvalue weighted by atomic mass is 16.5. The summed E-state index contributed by atoms with van der Waals surface area (Å²) < 4.78 is 10.5. The van der Waals surface area contributed by atoms with Gasteiger partial charge in [0, 0.05) is 18.7 Å². The van der Waals surface area contributed by atoms with E-state index in [1.54, 1.807) is 23.1 Å². The number of allylic oxidation sites excluding steroid dienone is 1. The van der Waals surface area contributed by atoms with E-state index >= 15 is 0 Å². The second-order valence-electron chi connectivity index (χ2n) is 5.77. The van der Waals surface area contributed by atoms with Gasteiger partial charge in [0.2, 0.25) is 5.91 Å². The van der Waals surface area contributed by atoms with Crippen LogP contribution in [0.15, 0.2) is 24.3 Å². The molecule has 132 valence electrons. The fourth-order valence-corrected chi connectivity index (χ4v) is 2.85. The van der Waals surface area contributed by atoms with Crippen molar-refractivity contribution in [3.63, 3.8) is 0 Å². The van der Waals surface area contributed by atoms with Crippen molar-refractivity contribution in [3.8, 4) is 17.6 Å². The summed E-state index contributed by atoms with van der Waals surface area (Å²) in [6.07, 6.45) is 5.69. The van der Waals surface area contributed by atoms with Crippen molar-refractivity contribution >= 4 is 17.8 Å². The maximum atomic E-state index is 12.4. The molecule has 0 N–H and O–H groups in total. The smallest absolute Gasteiger partial charge is 0.247 e. The van der Waals surface area contributed by atoms with Gasteiger partial charge >= 0.3 is 0 Å². The molecule has 0 radical (unpaired) electrons. The quantitative estimate of drug-likeness (QED) is 0.586. The molecule has 2 rings (SSSR count). The van der Waals surface area contributed by atoms with E-state index in [4.69, 9.17) is 9.47 Å². The molecule has 1 aromatic rings. The van der Waals surface area contributed by atoms with Crippen LogP contribution in [0.4, 0.5) is 0 Å². The van der Waals surface area contributed by atoms with Crippen LogP contribution in [-0.2, 0) is 9.59 Å². The van der Waals surface area contributed by atoms with E-state index in [1.807, 2.05) is 6.07 Å². The van der Waals surface area contributed by atoms with E-state index < -0.39 is 17.6 Å². The third-order valence-corrected chi connectivity index (χ3v) is 4.19. The third kappa shape index (κ3) is 4.38. The molecule has 1 aromatic carbocycles. The fraction of sp³-hybridized carbons (Fsp3) is 0.421. The number of methoxy groups -OCH3 is 2. The SMILES string of the molecule is COc1cccc(C=CC(=O)C(C#N)C(=O)N2CCCCC2)c1OC. The average Bonchev–Trinajstić information content (AvgIpc) is 2.66. The summed E-state index contributed by atoms with van der Waals surface area (Å²) in [4.78, 5) is 26.4. The lowest BCUT2D eigenvalue weighted by atomic mass is 10.0. The van der Waals surface area contributed by atoms with Gasteiger partial charge in [-0.2, -0.15) is 5.26 Å². The predicted molar refractivity (Wildman–Crippen MR) is 93.1 cm³/mol. The largest absolute Gasteiger partial charge is 0.493 e. The number of likely N-dealkylation sites (tertiary alicyclic amines) is 1. The lowest BCUT2D eigenvalue weighted by molar-refractivity contribution is -0.138. The molecule has 1 unspecified atom stereocenters. The van der Waals surface area contributed by atoms with Crippen molar-refractivity contribution in [2.75, 3.05) is 27.3 Å². The summed E-state index contributed by atoms with van der Waals surface area (Å²) >= 11 is 0. The maximum absolute atomic E-state index is 12.4. The number of hydrogen-bond acceptors (Lipinski definition) is 5. The summed E-state index contributed by atoms with van der Waals surface area (Å²) in [6, 6.07) is 7.12. The van der Waals surface area contributed by atoms with Crippen LogP contribution in [0.3, 0.4) is 0 Å². The predicted octanol–water partition coefficient (Wildman–Crippen LogP) is 2.44. The van der Waals surface area contributed by atoms with Gasteiger partial charge in [-0.05, 0) is 37.5 Å². The van der Waals surface area contributed by atoms with Gasteiger partial charge in [0.25, 0.3) is 0 Å². The van der Waals surface area contributed by atoms with E-state index in [1.165, 1.54) is 26.4 Å². The monoisotopic (exact) mass is 342 g/mol. The number of carbonyl (C=O) groups is 2. The number of amides is 1. The van der Waals surface area contributed by atoms with Gasteiger partial charge in [-0.15, -0.1) is 0 Å². The summed E-state index contributed by atoms with van der Waals surface area (Å²) in [5, 5.41) is 9.28. The number of piperidine rings is 1. The summed E-state index contributed by atoms with van der Waals surface area (Å²) in [7, 11) is 3.04.